The number of amides is 1. The van der Waals surface area contributed by atoms with Crippen molar-refractivity contribution in [3.8, 4) is 0 Å². The third kappa shape index (κ3) is 49.0. The Morgan fingerprint density at radius 1 is 0.441 bits per heavy atom. The number of esters is 1. The number of unbranched alkanes of at least 4 members (excludes halogenated alkanes) is 23. The Bertz CT molecular complexity index is 1380. The summed E-state index contributed by atoms with van der Waals surface area (Å²) in [5.41, 5.74) is 0. The molecule has 388 valence electrons. The molecular formula is C62H105NO5. The minimum absolute atomic E-state index is 0.0214. The van der Waals surface area contributed by atoms with Crippen LogP contribution in [0.2, 0.25) is 0 Å². The first-order valence-electron chi connectivity index (χ1n) is 28.2. The molecule has 0 aliphatic carbocycles. The lowest BCUT2D eigenvalue weighted by Crippen LogP contribution is -2.46. The second-order valence-electron chi connectivity index (χ2n) is 18.8. The lowest BCUT2D eigenvalue weighted by Gasteiger charge is -2.24. The summed E-state index contributed by atoms with van der Waals surface area (Å²) in [5.74, 6) is -0.589. The van der Waals surface area contributed by atoms with Crippen LogP contribution in [-0.2, 0) is 14.3 Å². The van der Waals surface area contributed by atoms with Crippen molar-refractivity contribution in [1.82, 2.24) is 5.32 Å². The maximum absolute atomic E-state index is 13.3. The molecule has 0 aromatic heterocycles. The number of hydrogen-bond donors (Lipinski definition) is 3. The third-order valence-corrected chi connectivity index (χ3v) is 12.2. The van der Waals surface area contributed by atoms with E-state index in [0.29, 0.717) is 25.7 Å². The number of hydrogen-bond acceptors (Lipinski definition) is 5. The van der Waals surface area contributed by atoms with E-state index in [1.807, 2.05) is 36.5 Å². The first kappa shape index (κ1) is 64.5. The van der Waals surface area contributed by atoms with Gasteiger partial charge in [-0.25, -0.2) is 0 Å². The number of nitrogens with one attached hydrogen (secondary N) is 1. The predicted molar refractivity (Wildman–Crippen MR) is 296 cm³/mol. The predicted octanol–water partition coefficient (Wildman–Crippen LogP) is 17.5. The van der Waals surface area contributed by atoms with Crippen molar-refractivity contribution < 1.29 is 24.5 Å². The highest BCUT2D eigenvalue weighted by atomic mass is 16.5. The second-order valence-corrected chi connectivity index (χ2v) is 18.8. The normalized spacial score (nSPS) is 14.0. The highest BCUT2D eigenvalue weighted by molar-refractivity contribution is 5.77. The van der Waals surface area contributed by atoms with Gasteiger partial charge in [-0.1, -0.05) is 259 Å². The Morgan fingerprint density at radius 3 is 1.35 bits per heavy atom. The molecule has 0 radical (unpaired) electrons. The fourth-order valence-corrected chi connectivity index (χ4v) is 7.92. The van der Waals surface area contributed by atoms with Gasteiger partial charge in [0, 0.05) is 6.42 Å². The van der Waals surface area contributed by atoms with Crippen molar-refractivity contribution in [2.75, 3.05) is 6.61 Å². The van der Waals surface area contributed by atoms with Crippen LogP contribution in [-0.4, -0.2) is 46.9 Å². The molecule has 0 saturated carbocycles. The van der Waals surface area contributed by atoms with E-state index in [9.17, 15) is 19.8 Å². The average Bonchev–Trinajstić information content (AvgIpc) is 3.33. The Morgan fingerprint density at radius 2 is 0.838 bits per heavy atom. The van der Waals surface area contributed by atoms with Gasteiger partial charge in [0.2, 0.25) is 5.91 Å². The Hall–Kier alpha value is -3.48. The summed E-state index contributed by atoms with van der Waals surface area (Å²) in [5, 5.41) is 23.9. The molecule has 0 bridgehead atoms. The Balaban J connectivity index is 4.75. The summed E-state index contributed by atoms with van der Waals surface area (Å²) in [7, 11) is 0. The van der Waals surface area contributed by atoms with Crippen molar-refractivity contribution in [3.05, 3.63) is 109 Å². The van der Waals surface area contributed by atoms with Crippen LogP contribution in [0.1, 0.15) is 245 Å². The summed E-state index contributed by atoms with van der Waals surface area (Å²) in [4.78, 5) is 26.2. The number of rotatable bonds is 49. The summed E-state index contributed by atoms with van der Waals surface area (Å²) in [6.07, 6.45) is 74.3. The van der Waals surface area contributed by atoms with Crippen molar-refractivity contribution in [2.45, 2.75) is 264 Å². The van der Waals surface area contributed by atoms with E-state index in [1.165, 1.54) is 109 Å². The van der Waals surface area contributed by atoms with Gasteiger partial charge in [-0.2, -0.15) is 0 Å². The molecule has 0 aromatic carbocycles. The molecule has 0 saturated heterocycles. The monoisotopic (exact) mass is 944 g/mol. The van der Waals surface area contributed by atoms with E-state index in [1.54, 1.807) is 0 Å². The number of carbonyl (C=O) groups is 2. The minimum atomic E-state index is -0.817. The van der Waals surface area contributed by atoms with E-state index < -0.39 is 18.2 Å². The van der Waals surface area contributed by atoms with Crippen molar-refractivity contribution in [1.29, 1.82) is 0 Å². The zero-order valence-electron chi connectivity index (χ0n) is 44.2. The number of carbonyl (C=O) groups excluding carboxylic acids is 2. The van der Waals surface area contributed by atoms with E-state index in [0.717, 1.165) is 83.5 Å². The summed E-state index contributed by atoms with van der Waals surface area (Å²) >= 11 is 0. The summed E-state index contributed by atoms with van der Waals surface area (Å²) in [6, 6.07) is -0.735. The number of ether oxygens (including phenoxy) is 1. The number of allylic oxidation sites excluding steroid dienone is 18. The van der Waals surface area contributed by atoms with Crippen LogP contribution in [0.25, 0.3) is 0 Å². The summed E-state index contributed by atoms with van der Waals surface area (Å²) < 4.78 is 5.90. The number of aliphatic hydroxyl groups excluding tert-OH is 2. The molecule has 3 atom stereocenters. The highest BCUT2D eigenvalue weighted by Crippen LogP contribution is 2.17. The summed E-state index contributed by atoms with van der Waals surface area (Å²) in [6.45, 7) is 6.35. The molecule has 3 N–H and O–H groups in total. The van der Waals surface area contributed by atoms with Crippen LogP contribution in [0.15, 0.2) is 109 Å². The molecule has 6 heteroatoms. The first-order valence-corrected chi connectivity index (χ1v) is 28.2. The molecule has 0 heterocycles. The zero-order valence-corrected chi connectivity index (χ0v) is 44.2. The Kier molecular flexibility index (Phi) is 51.7. The molecule has 6 nitrogen and oxygen atoms in total. The van der Waals surface area contributed by atoms with Gasteiger partial charge in [0.15, 0.2) is 0 Å². The average molecular weight is 945 g/mol. The quantitative estimate of drug-likeness (QED) is 0.0244. The molecule has 0 aliphatic rings. The first-order chi connectivity index (χ1) is 33.5. The molecule has 3 unspecified atom stereocenters. The van der Waals surface area contributed by atoms with Crippen LogP contribution in [0.5, 0.6) is 0 Å². The SMILES string of the molecule is CCC/C=C/C=C/C=C/C=C/C=C/CCCCCC(CC(=O)NC(CO)C(O)CCCCCCCCCCCCCCCCCC)OC(=O)CCC/C=C\C/C=C\C/C=C\C/C=C\CCCCC. The largest absolute Gasteiger partial charge is 0.462 e. The van der Waals surface area contributed by atoms with E-state index in [4.69, 9.17) is 4.74 Å². The van der Waals surface area contributed by atoms with Gasteiger partial charge in [0.25, 0.3) is 0 Å². The van der Waals surface area contributed by atoms with Crippen LogP contribution < -0.4 is 5.32 Å². The fourth-order valence-electron chi connectivity index (χ4n) is 7.92. The molecule has 0 rings (SSSR count). The van der Waals surface area contributed by atoms with E-state index in [-0.39, 0.29) is 24.9 Å². The van der Waals surface area contributed by atoms with Gasteiger partial charge < -0.3 is 20.3 Å². The maximum Gasteiger partial charge on any atom is 0.306 e. The maximum atomic E-state index is 13.3. The van der Waals surface area contributed by atoms with Gasteiger partial charge in [0.1, 0.15) is 6.10 Å². The molecule has 0 spiro atoms. The molecule has 0 aromatic rings. The number of aliphatic hydroxyl groups is 2. The van der Waals surface area contributed by atoms with Gasteiger partial charge >= 0.3 is 5.97 Å². The van der Waals surface area contributed by atoms with Crippen LogP contribution in [0, 0.1) is 0 Å². The minimum Gasteiger partial charge on any atom is -0.462 e. The molecular weight excluding hydrogens is 839 g/mol. The van der Waals surface area contributed by atoms with Crippen LogP contribution in [0.4, 0.5) is 0 Å². The van der Waals surface area contributed by atoms with Crippen LogP contribution >= 0.6 is 0 Å². The lowest BCUT2D eigenvalue weighted by atomic mass is 10.0. The Labute approximate surface area is 419 Å². The second kappa shape index (κ2) is 54.5. The van der Waals surface area contributed by atoms with Gasteiger partial charge in [0.05, 0.1) is 25.2 Å². The molecule has 0 fully saturated rings. The van der Waals surface area contributed by atoms with Gasteiger partial charge in [-0.3, -0.25) is 9.59 Å². The van der Waals surface area contributed by atoms with E-state index in [2.05, 4.69) is 99.0 Å². The third-order valence-electron chi connectivity index (χ3n) is 12.2. The molecule has 0 aliphatic heterocycles. The van der Waals surface area contributed by atoms with Gasteiger partial charge in [-0.15, -0.1) is 0 Å². The van der Waals surface area contributed by atoms with Crippen molar-refractivity contribution >= 4 is 11.9 Å². The standard InChI is InChI=1S/C62H105NO5/c1-4-7-10-13-16-19-22-25-28-31-34-37-40-43-46-49-52-55-62(67)68-58(53-50-47-44-41-38-35-32-29-26-23-20-17-14-11-8-5-2)56-61(66)63-59(57-64)60(65)54-51-48-45-42-39-36-33-30-27-24-21-18-15-12-9-6-3/h11,14,16-17,19-20,23,25-26,28-29,32,34-35,37-38,43,46,58-60,64-65H,4-10,12-13,15,18,21-22,24,27,30-31,33,36,39-42,44-45,47-57H2,1-3H3,(H,63,66)/b14-11+,19-16-,20-17+,26-23+,28-25-,32-29+,37-34-,38-35+,46-43-. The zero-order chi connectivity index (χ0) is 49.5. The molecule has 68 heavy (non-hydrogen) atoms. The van der Waals surface area contributed by atoms with Crippen molar-refractivity contribution in [2.24, 2.45) is 0 Å². The lowest BCUT2D eigenvalue weighted by molar-refractivity contribution is -0.151. The molecule has 1 amide bonds. The van der Waals surface area contributed by atoms with Crippen LogP contribution in [0.3, 0.4) is 0 Å². The fraction of sp³-hybridized carbons (Fsp3) is 0.677. The van der Waals surface area contributed by atoms with Crippen molar-refractivity contribution in [3.63, 3.8) is 0 Å². The topological polar surface area (TPSA) is 95.9 Å². The highest BCUT2D eigenvalue weighted by Gasteiger charge is 2.24. The van der Waals surface area contributed by atoms with E-state index >= 15 is 0 Å². The smallest absolute Gasteiger partial charge is 0.306 e. The van der Waals surface area contributed by atoms with Gasteiger partial charge in [-0.05, 0) is 83.5 Å².